The average molecular weight is 359 g/mol. The minimum atomic E-state index is -0.706. The SMILES string of the molecule is CC(=O)N[C@H]1C[C@@H](CCc2ccccc2)O[C@@H](c2c(F)cccc2F)C1. The zero-order valence-electron chi connectivity index (χ0n) is 14.8. The Bertz CT molecular complexity index is 731. The molecule has 5 heteroatoms. The van der Waals surface area contributed by atoms with E-state index in [2.05, 4.69) is 5.32 Å². The van der Waals surface area contributed by atoms with E-state index in [1.165, 1.54) is 30.7 Å². The maximum atomic E-state index is 14.2. The van der Waals surface area contributed by atoms with Crippen LogP contribution in [0.15, 0.2) is 48.5 Å². The molecule has 138 valence electrons. The van der Waals surface area contributed by atoms with Gasteiger partial charge in [-0.15, -0.1) is 0 Å². The topological polar surface area (TPSA) is 38.3 Å². The van der Waals surface area contributed by atoms with Gasteiger partial charge < -0.3 is 10.1 Å². The zero-order valence-corrected chi connectivity index (χ0v) is 14.8. The minimum absolute atomic E-state index is 0.0488. The molecule has 2 aromatic rings. The van der Waals surface area contributed by atoms with Crippen LogP contribution in [0.1, 0.15) is 43.4 Å². The first-order valence-corrected chi connectivity index (χ1v) is 8.93. The summed E-state index contributed by atoms with van der Waals surface area (Å²) in [4.78, 5) is 11.5. The minimum Gasteiger partial charge on any atom is -0.370 e. The van der Waals surface area contributed by atoms with Crippen molar-refractivity contribution in [3.63, 3.8) is 0 Å². The number of carbonyl (C=O) groups is 1. The lowest BCUT2D eigenvalue weighted by molar-refractivity contribution is -0.122. The Morgan fingerprint density at radius 2 is 1.77 bits per heavy atom. The summed E-state index contributed by atoms with van der Waals surface area (Å²) in [7, 11) is 0. The summed E-state index contributed by atoms with van der Waals surface area (Å²) >= 11 is 0. The van der Waals surface area contributed by atoms with Crippen molar-refractivity contribution in [3.05, 3.63) is 71.3 Å². The highest BCUT2D eigenvalue weighted by Crippen LogP contribution is 2.35. The third-order valence-electron chi connectivity index (χ3n) is 4.73. The van der Waals surface area contributed by atoms with Gasteiger partial charge in [0.05, 0.1) is 17.8 Å². The molecule has 1 amide bonds. The van der Waals surface area contributed by atoms with Gasteiger partial charge in [-0.1, -0.05) is 36.4 Å². The molecule has 0 aliphatic carbocycles. The summed E-state index contributed by atoms with van der Waals surface area (Å²) < 4.78 is 34.4. The van der Waals surface area contributed by atoms with Crippen LogP contribution >= 0.6 is 0 Å². The molecule has 1 fully saturated rings. The number of halogens is 2. The Balaban J connectivity index is 1.75. The molecule has 0 spiro atoms. The second kappa shape index (κ2) is 8.41. The Morgan fingerprint density at radius 1 is 1.08 bits per heavy atom. The van der Waals surface area contributed by atoms with Crippen molar-refractivity contribution in [2.45, 2.75) is 50.9 Å². The molecule has 1 N–H and O–H groups in total. The lowest BCUT2D eigenvalue weighted by atomic mass is 9.91. The number of carbonyl (C=O) groups excluding carboxylic acids is 1. The molecule has 2 aromatic carbocycles. The van der Waals surface area contributed by atoms with Crippen molar-refractivity contribution >= 4 is 5.91 Å². The van der Waals surface area contributed by atoms with Gasteiger partial charge in [-0.05, 0) is 43.4 Å². The van der Waals surface area contributed by atoms with Gasteiger partial charge in [0.25, 0.3) is 0 Å². The van der Waals surface area contributed by atoms with E-state index >= 15 is 0 Å². The summed E-state index contributed by atoms with van der Waals surface area (Å²) in [5.74, 6) is -1.37. The van der Waals surface area contributed by atoms with Crippen LogP contribution in [-0.4, -0.2) is 18.1 Å². The summed E-state index contributed by atoms with van der Waals surface area (Å²) in [5, 5.41) is 2.88. The second-order valence-electron chi connectivity index (χ2n) is 6.78. The Hall–Kier alpha value is -2.27. The van der Waals surface area contributed by atoms with Gasteiger partial charge in [0, 0.05) is 13.0 Å². The first kappa shape index (κ1) is 18.5. The van der Waals surface area contributed by atoms with E-state index < -0.39 is 17.7 Å². The van der Waals surface area contributed by atoms with Gasteiger partial charge in [-0.3, -0.25) is 4.79 Å². The fourth-order valence-corrected chi connectivity index (χ4v) is 3.58. The standard InChI is InChI=1S/C21H23F2NO2/c1-14(25)24-16-12-17(11-10-15-6-3-2-4-7-15)26-20(13-16)21-18(22)8-5-9-19(21)23/h2-9,16-17,20H,10-13H2,1H3,(H,24,25)/t16-,17+,20+/m0/s1. The summed E-state index contributed by atoms with van der Waals surface area (Å²) in [6.07, 6.45) is 1.66. The Labute approximate surface area is 152 Å². The smallest absolute Gasteiger partial charge is 0.217 e. The molecular formula is C21H23F2NO2. The molecule has 1 aliphatic rings. The predicted molar refractivity (Wildman–Crippen MR) is 95.6 cm³/mol. The number of hydrogen-bond donors (Lipinski definition) is 1. The predicted octanol–water partition coefficient (Wildman–Crippen LogP) is 4.32. The van der Waals surface area contributed by atoms with Crippen LogP contribution < -0.4 is 5.32 Å². The Kier molecular flexibility index (Phi) is 5.99. The molecule has 26 heavy (non-hydrogen) atoms. The molecule has 1 saturated heterocycles. The van der Waals surface area contributed by atoms with Gasteiger partial charge in [0.15, 0.2) is 0 Å². The van der Waals surface area contributed by atoms with E-state index in [1.54, 1.807) is 0 Å². The highest BCUT2D eigenvalue weighted by Gasteiger charge is 2.33. The van der Waals surface area contributed by atoms with E-state index in [4.69, 9.17) is 4.74 Å². The third-order valence-corrected chi connectivity index (χ3v) is 4.73. The first-order valence-electron chi connectivity index (χ1n) is 8.93. The van der Waals surface area contributed by atoms with Crippen LogP contribution in [0.25, 0.3) is 0 Å². The number of amides is 1. The van der Waals surface area contributed by atoms with E-state index in [9.17, 15) is 13.6 Å². The third kappa shape index (κ3) is 4.67. The monoisotopic (exact) mass is 359 g/mol. The normalized spacial score (nSPS) is 22.8. The van der Waals surface area contributed by atoms with Crippen LogP contribution in [0.4, 0.5) is 8.78 Å². The molecule has 0 unspecified atom stereocenters. The molecule has 0 aromatic heterocycles. The zero-order chi connectivity index (χ0) is 18.5. The molecule has 1 aliphatic heterocycles. The molecule has 0 bridgehead atoms. The van der Waals surface area contributed by atoms with Crippen LogP contribution in [0, 0.1) is 11.6 Å². The average Bonchev–Trinajstić information content (AvgIpc) is 2.60. The van der Waals surface area contributed by atoms with Gasteiger partial charge in [-0.2, -0.15) is 0 Å². The quantitative estimate of drug-likeness (QED) is 0.863. The molecule has 3 atom stereocenters. The molecule has 1 heterocycles. The van der Waals surface area contributed by atoms with Crippen LogP contribution in [0.2, 0.25) is 0 Å². The van der Waals surface area contributed by atoms with E-state index in [0.29, 0.717) is 12.8 Å². The van der Waals surface area contributed by atoms with Crippen molar-refractivity contribution < 1.29 is 18.3 Å². The molecule has 3 rings (SSSR count). The number of nitrogens with one attached hydrogen (secondary N) is 1. The van der Waals surface area contributed by atoms with E-state index in [1.807, 2.05) is 30.3 Å². The number of rotatable bonds is 5. The van der Waals surface area contributed by atoms with Gasteiger partial charge in [-0.25, -0.2) is 8.78 Å². The summed E-state index contributed by atoms with van der Waals surface area (Å²) in [6, 6.07) is 13.7. The number of hydrogen-bond acceptors (Lipinski definition) is 2. The van der Waals surface area contributed by atoms with Crippen molar-refractivity contribution in [1.82, 2.24) is 5.32 Å². The van der Waals surface area contributed by atoms with Gasteiger partial charge >= 0.3 is 0 Å². The van der Waals surface area contributed by atoms with Crippen molar-refractivity contribution in [2.24, 2.45) is 0 Å². The van der Waals surface area contributed by atoms with Crippen molar-refractivity contribution in [3.8, 4) is 0 Å². The van der Waals surface area contributed by atoms with Gasteiger partial charge in [0.1, 0.15) is 11.6 Å². The van der Waals surface area contributed by atoms with E-state index in [0.717, 1.165) is 12.8 Å². The maximum absolute atomic E-state index is 14.2. The number of ether oxygens (including phenoxy) is 1. The lowest BCUT2D eigenvalue weighted by Gasteiger charge is -2.36. The first-order chi connectivity index (χ1) is 12.5. The highest BCUT2D eigenvalue weighted by atomic mass is 19.1. The fourth-order valence-electron chi connectivity index (χ4n) is 3.58. The molecule has 0 saturated carbocycles. The number of benzene rings is 2. The molecule has 3 nitrogen and oxygen atoms in total. The number of aryl methyl sites for hydroxylation is 1. The van der Waals surface area contributed by atoms with Gasteiger partial charge in [0.2, 0.25) is 5.91 Å². The molecule has 0 radical (unpaired) electrons. The highest BCUT2D eigenvalue weighted by molar-refractivity contribution is 5.73. The lowest BCUT2D eigenvalue weighted by Crippen LogP contribution is -2.42. The largest absolute Gasteiger partial charge is 0.370 e. The van der Waals surface area contributed by atoms with Crippen LogP contribution in [0.5, 0.6) is 0 Å². The van der Waals surface area contributed by atoms with Crippen LogP contribution in [0.3, 0.4) is 0 Å². The van der Waals surface area contributed by atoms with Crippen molar-refractivity contribution in [2.75, 3.05) is 0 Å². The summed E-state index contributed by atoms with van der Waals surface area (Å²) in [6.45, 7) is 1.45. The van der Waals surface area contributed by atoms with E-state index in [-0.39, 0.29) is 23.6 Å². The van der Waals surface area contributed by atoms with Crippen molar-refractivity contribution in [1.29, 1.82) is 0 Å². The summed E-state index contributed by atoms with van der Waals surface area (Å²) in [5.41, 5.74) is 1.14. The second-order valence-corrected chi connectivity index (χ2v) is 6.78. The van der Waals surface area contributed by atoms with Crippen LogP contribution in [-0.2, 0) is 16.0 Å². The Morgan fingerprint density at radius 3 is 2.42 bits per heavy atom. The molecular weight excluding hydrogens is 336 g/mol. The fraction of sp³-hybridized carbons (Fsp3) is 0.381. The maximum Gasteiger partial charge on any atom is 0.217 e.